The van der Waals surface area contributed by atoms with Crippen LogP contribution in [0.1, 0.15) is 52.4 Å². The molecule has 1 aliphatic carbocycles. The molecular formula is C16H28O4. The molecule has 4 heteroatoms. The van der Waals surface area contributed by atoms with E-state index in [1.54, 1.807) is 0 Å². The lowest BCUT2D eigenvalue weighted by Crippen LogP contribution is -2.23. The highest BCUT2D eigenvalue weighted by Crippen LogP contribution is 2.43. The van der Waals surface area contributed by atoms with Gasteiger partial charge in [0.1, 0.15) is 0 Å². The standard InChI is InChI=1S/C16H28O4/c1-3-4-5-7-16(2,19)8-6-11-12-9-15(18)20-14(12)10-13(11)17/h6,8,11-15,17-19H,3-5,7,9-10H2,1-2H3/b8-6+/t11-,12-,13-,14+,15?,16?/m1/s1. The molecule has 116 valence electrons. The summed E-state index contributed by atoms with van der Waals surface area (Å²) in [5.41, 5.74) is -0.814. The van der Waals surface area contributed by atoms with Crippen LogP contribution < -0.4 is 0 Å². The number of ether oxygens (including phenoxy) is 1. The zero-order valence-electron chi connectivity index (χ0n) is 12.5. The van der Waals surface area contributed by atoms with Gasteiger partial charge in [-0.3, -0.25) is 0 Å². The van der Waals surface area contributed by atoms with Crippen molar-refractivity contribution in [2.24, 2.45) is 11.8 Å². The smallest absolute Gasteiger partial charge is 0.155 e. The Morgan fingerprint density at radius 2 is 2.00 bits per heavy atom. The van der Waals surface area contributed by atoms with E-state index in [0.29, 0.717) is 12.8 Å². The van der Waals surface area contributed by atoms with Crippen molar-refractivity contribution in [1.82, 2.24) is 0 Å². The fourth-order valence-corrected chi connectivity index (χ4v) is 3.46. The zero-order valence-corrected chi connectivity index (χ0v) is 12.5. The molecule has 0 aromatic rings. The molecule has 2 fully saturated rings. The zero-order chi connectivity index (χ0) is 14.8. The molecule has 0 aromatic heterocycles. The molecule has 2 unspecified atom stereocenters. The average molecular weight is 284 g/mol. The van der Waals surface area contributed by atoms with Crippen LogP contribution in [0.5, 0.6) is 0 Å². The maximum Gasteiger partial charge on any atom is 0.155 e. The van der Waals surface area contributed by atoms with Crippen molar-refractivity contribution < 1.29 is 20.1 Å². The molecule has 4 nitrogen and oxygen atoms in total. The average Bonchev–Trinajstić information content (AvgIpc) is 2.82. The number of rotatable bonds is 6. The van der Waals surface area contributed by atoms with Gasteiger partial charge in [0.2, 0.25) is 0 Å². The fourth-order valence-electron chi connectivity index (χ4n) is 3.46. The normalized spacial score (nSPS) is 40.1. The Balaban J connectivity index is 1.92. The molecular weight excluding hydrogens is 256 g/mol. The van der Waals surface area contributed by atoms with Crippen molar-refractivity contribution in [2.75, 3.05) is 0 Å². The van der Waals surface area contributed by atoms with E-state index >= 15 is 0 Å². The van der Waals surface area contributed by atoms with Gasteiger partial charge < -0.3 is 20.1 Å². The Labute approximate surface area is 121 Å². The number of hydrogen-bond acceptors (Lipinski definition) is 4. The summed E-state index contributed by atoms with van der Waals surface area (Å²) in [6.45, 7) is 3.96. The van der Waals surface area contributed by atoms with E-state index < -0.39 is 18.0 Å². The maximum atomic E-state index is 10.3. The van der Waals surface area contributed by atoms with Crippen molar-refractivity contribution in [1.29, 1.82) is 0 Å². The van der Waals surface area contributed by atoms with Crippen molar-refractivity contribution in [3.05, 3.63) is 12.2 Å². The van der Waals surface area contributed by atoms with Gasteiger partial charge in [-0.1, -0.05) is 38.3 Å². The number of hydrogen-bond donors (Lipinski definition) is 3. The Morgan fingerprint density at radius 1 is 1.25 bits per heavy atom. The Kier molecular flexibility index (Phi) is 5.24. The summed E-state index contributed by atoms with van der Waals surface area (Å²) in [6.07, 6.45) is 7.76. The fraction of sp³-hybridized carbons (Fsp3) is 0.875. The molecule has 1 saturated carbocycles. The molecule has 0 bridgehead atoms. The molecule has 0 radical (unpaired) electrons. The predicted molar refractivity (Wildman–Crippen MR) is 77.0 cm³/mol. The molecule has 6 atom stereocenters. The molecule has 1 aliphatic heterocycles. The van der Waals surface area contributed by atoms with Crippen LogP contribution in [0, 0.1) is 11.8 Å². The van der Waals surface area contributed by atoms with Crippen molar-refractivity contribution in [2.45, 2.75) is 76.5 Å². The third-order valence-corrected chi connectivity index (χ3v) is 4.66. The summed E-state index contributed by atoms with van der Waals surface area (Å²) < 4.78 is 5.40. The van der Waals surface area contributed by atoms with Crippen molar-refractivity contribution >= 4 is 0 Å². The van der Waals surface area contributed by atoms with Gasteiger partial charge in [0.15, 0.2) is 6.29 Å². The first kappa shape index (κ1) is 16.0. The molecule has 0 spiro atoms. The van der Waals surface area contributed by atoms with Crippen molar-refractivity contribution in [3.8, 4) is 0 Å². The van der Waals surface area contributed by atoms with Gasteiger partial charge in [0.25, 0.3) is 0 Å². The molecule has 20 heavy (non-hydrogen) atoms. The second-order valence-corrected chi connectivity index (χ2v) is 6.58. The summed E-state index contributed by atoms with van der Waals surface area (Å²) in [4.78, 5) is 0. The first-order chi connectivity index (χ1) is 9.43. The number of aliphatic hydroxyl groups excluding tert-OH is 2. The molecule has 1 saturated heterocycles. The Bertz CT molecular complexity index is 339. The van der Waals surface area contributed by atoms with Gasteiger partial charge in [-0.15, -0.1) is 0 Å². The first-order valence-corrected chi connectivity index (χ1v) is 7.86. The van der Waals surface area contributed by atoms with Crippen LogP contribution >= 0.6 is 0 Å². The van der Waals surface area contributed by atoms with Crippen molar-refractivity contribution in [3.63, 3.8) is 0 Å². The number of aliphatic hydroxyl groups is 3. The summed E-state index contributed by atoms with van der Waals surface area (Å²) in [6, 6.07) is 0. The van der Waals surface area contributed by atoms with Crippen LogP contribution in [-0.2, 0) is 4.74 Å². The van der Waals surface area contributed by atoms with Gasteiger partial charge in [-0.2, -0.15) is 0 Å². The van der Waals surface area contributed by atoms with Gasteiger partial charge >= 0.3 is 0 Å². The minimum atomic E-state index is -0.814. The van der Waals surface area contributed by atoms with E-state index in [2.05, 4.69) is 6.92 Å². The molecule has 2 rings (SSSR count). The summed E-state index contributed by atoms with van der Waals surface area (Å²) in [5, 5.41) is 30.0. The summed E-state index contributed by atoms with van der Waals surface area (Å²) in [5.74, 6) is 0.150. The van der Waals surface area contributed by atoms with Crippen LogP contribution in [0.25, 0.3) is 0 Å². The molecule has 3 N–H and O–H groups in total. The summed E-state index contributed by atoms with van der Waals surface area (Å²) in [7, 11) is 0. The predicted octanol–water partition coefficient (Wildman–Crippen LogP) is 1.98. The van der Waals surface area contributed by atoms with Gasteiger partial charge in [-0.05, 0) is 19.3 Å². The SMILES string of the molecule is CCCCCC(C)(O)/C=C/[C@@H]1[C@H]2CC(O)O[C@H]2C[C@H]1O. The summed E-state index contributed by atoms with van der Waals surface area (Å²) >= 11 is 0. The lowest BCUT2D eigenvalue weighted by Gasteiger charge is -2.22. The number of unbranched alkanes of at least 4 members (excludes halogenated alkanes) is 2. The highest BCUT2D eigenvalue weighted by atomic mass is 16.6. The third-order valence-electron chi connectivity index (χ3n) is 4.66. The van der Waals surface area contributed by atoms with Crippen LogP contribution in [0.4, 0.5) is 0 Å². The van der Waals surface area contributed by atoms with Gasteiger partial charge in [0, 0.05) is 18.8 Å². The van der Waals surface area contributed by atoms with Crippen LogP contribution in [0.3, 0.4) is 0 Å². The molecule has 0 amide bonds. The largest absolute Gasteiger partial charge is 0.392 e. The van der Waals surface area contributed by atoms with E-state index in [9.17, 15) is 15.3 Å². The molecule has 1 heterocycles. The van der Waals surface area contributed by atoms with Crippen LogP contribution in [-0.4, -0.2) is 39.4 Å². The van der Waals surface area contributed by atoms with E-state index in [0.717, 1.165) is 25.7 Å². The highest BCUT2D eigenvalue weighted by Gasteiger charge is 2.47. The molecule has 0 aromatic carbocycles. The van der Waals surface area contributed by atoms with E-state index in [-0.39, 0.29) is 17.9 Å². The lowest BCUT2D eigenvalue weighted by molar-refractivity contribution is -0.0949. The van der Waals surface area contributed by atoms with Gasteiger partial charge in [-0.25, -0.2) is 0 Å². The van der Waals surface area contributed by atoms with Gasteiger partial charge in [0.05, 0.1) is 17.8 Å². The van der Waals surface area contributed by atoms with E-state index in [4.69, 9.17) is 4.74 Å². The monoisotopic (exact) mass is 284 g/mol. The van der Waals surface area contributed by atoms with E-state index in [1.807, 2.05) is 19.1 Å². The maximum absolute atomic E-state index is 10.3. The minimum Gasteiger partial charge on any atom is -0.392 e. The Hall–Kier alpha value is -0.420. The minimum absolute atomic E-state index is 0.0187. The lowest BCUT2D eigenvalue weighted by atomic mass is 9.89. The second-order valence-electron chi connectivity index (χ2n) is 6.58. The quantitative estimate of drug-likeness (QED) is 0.515. The highest BCUT2D eigenvalue weighted by molar-refractivity contribution is 5.09. The number of fused-ring (bicyclic) bond motifs is 1. The van der Waals surface area contributed by atoms with Crippen LogP contribution in [0.2, 0.25) is 0 Å². The third kappa shape index (κ3) is 3.82. The second kappa shape index (κ2) is 6.56. The molecule has 2 aliphatic rings. The Morgan fingerprint density at radius 3 is 2.70 bits per heavy atom. The van der Waals surface area contributed by atoms with E-state index in [1.165, 1.54) is 0 Å². The topological polar surface area (TPSA) is 69.9 Å². The van der Waals surface area contributed by atoms with Crippen LogP contribution in [0.15, 0.2) is 12.2 Å². The first-order valence-electron chi connectivity index (χ1n) is 7.86.